The Bertz CT molecular complexity index is 367. The van der Waals surface area contributed by atoms with Crippen LogP contribution < -0.4 is 15.4 Å². The van der Waals surface area contributed by atoms with Crippen LogP contribution in [0.4, 0.5) is 0 Å². The Balaban J connectivity index is 2.29. The molecule has 0 aliphatic rings. The molecule has 4 heteroatoms. The number of nitrogens with one attached hydrogen (secondary N) is 2. The molecule has 0 fully saturated rings. The lowest BCUT2D eigenvalue weighted by Crippen LogP contribution is -2.34. The molecule has 4 nitrogen and oxygen atoms in total. The van der Waals surface area contributed by atoms with E-state index in [2.05, 4.69) is 17.6 Å². The quantitative estimate of drug-likeness (QED) is 0.685. The molecular weight excluding hydrogens is 228 g/mol. The van der Waals surface area contributed by atoms with Crippen molar-refractivity contribution in [3.63, 3.8) is 0 Å². The van der Waals surface area contributed by atoms with Crippen molar-refractivity contribution in [2.75, 3.05) is 26.2 Å². The molecule has 0 bridgehead atoms. The predicted octanol–water partition coefficient (Wildman–Crippen LogP) is 1.35. The van der Waals surface area contributed by atoms with Crippen LogP contribution in [-0.2, 0) is 11.2 Å². The van der Waals surface area contributed by atoms with Crippen molar-refractivity contribution in [2.45, 2.75) is 20.3 Å². The number of likely N-dealkylation sites (N-methyl/N-ethyl adjacent to an activating group) is 1. The first-order valence-electron chi connectivity index (χ1n) is 6.46. The van der Waals surface area contributed by atoms with Gasteiger partial charge < -0.3 is 15.4 Å². The fourth-order valence-corrected chi connectivity index (χ4v) is 1.60. The lowest BCUT2D eigenvalue weighted by atomic mass is 10.1. The van der Waals surface area contributed by atoms with Crippen molar-refractivity contribution in [1.82, 2.24) is 10.6 Å². The molecule has 0 unspecified atom stereocenters. The van der Waals surface area contributed by atoms with Gasteiger partial charge in [-0.25, -0.2) is 0 Å². The first kappa shape index (κ1) is 14.5. The zero-order valence-corrected chi connectivity index (χ0v) is 11.2. The number of hydrogen-bond donors (Lipinski definition) is 2. The maximum atomic E-state index is 11.5. The van der Waals surface area contributed by atoms with Gasteiger partial charge in [0.25, 0.3) is 5.91 Å². The molecule has 0 radical (unpaired) electrons. The van der Waals surface area contributed by atoms with Crippen molar-refractivity contribution in [2.24, 2.45) is 0 Å². The summed E-state index contributed by atoms with van der Waals surface area (Å²) in [7, 11) is 0. The Morgan fingerprint density at radius 3 is 2.72 bits per heavy atom. The van der Waals surface area contributed by atoms with E-state index >= 15 is 0 Å². The zero-order chi connectivity index (χ0) is 13.2. The Hall–Kier alpha value is -1.55. The SMILES string of the molecule is CCNCCNC(=O)COc1ccccc1CC. The van der Waals surface area contributed by atoms with E-state index in [1.165, 1.54) is 0 Å². The number of amides is 1. The number of rotatable bonds is 8. The highest BCUT2D eigenvalue weighted by Crippen LogP contribution is 2.17. The summed E-state index contributed by atoms with van der Waals surface area (Å²) in [6, 6.07) is 7.79. The number of hydrogen-bond acceptors (Lipinski definition) is 3. The van der Waals surface area contributed by atoms with Crippen LogP contribution in [-0.4, -0.2) is 32.1 Å². The molecule has 1 aromatic carbocycles. The highest BCUT2D eigenvalue weighted by molar-refractivity contribution is 5.77. The molecule has 0 aromatic heterocycles. The van der Waals surface area contributed by atoms with Gasteiger partial charge in [0.1, 0.15) is 5.75 Å². The van der Waals surface area contributed by atoms with Crippen molar-refractivity contribution in [3.05, 3.63) is 29.8 Å². The zero-order valence-electron chi connectivity index (χ0n) is 11.2. The number of ether oxygens (including phenoxy) is 1. The van der Waals surface area contributed by atoms with Crippen molar-refractivity contribution < 1.29 is 9.53 Å². The largest absolute Gasteiger partial charge is 0.483 e. The number of para-hydroxylation sites is 1. The first-order valence-corrected chi connectivity index (χ1v) is 6.46. The molecule has 0 atom stereocenters. The highest BCUT2D eigenvalue weighted by Gasteiger charge is 2.04. The highest BCUT2D eigenvalue weighted by atomic mass is 16.5. The number of benzene rings is 1. The van der Waals surface area contributed by atoms with E-state index in [9.17, 15) is 4.79 Å². The molecule has 1 aromatic rings. The summed E-state index contributed by atoms with van der Waals surface area (Å²) in [4.78, 5) is 11.5. The van der Waals surface area contributed by atoms with Crippen LogP contribution in [0, 0.1) is 0 Å². The van der Waals surface area contributed by atoms with Crippen LogP contribution in [0.1, 0.15) is 19.4 Å². The molecule has 100 valence electrons. The van der Waals surface area contributed by atoms with Crippen LogP contribution in [0.15, 0.2) is 24.3 Å². The van der Waals surface area contributed by atoms with E-state index in [4.69, 9.17) is 4.74 Å². The summed E-state index contributed by atoms with van der Waals surface area (Å²) in [6.07, 6.45) is 0.901. The third-order valence-electron chi connectivity index (χ3n) is 2.59. The second-order valence-electron chi connectivity index (χ2n) is 3.95. The van der Waals surface area contributed by atoms with Crippen molar-refractivity contribution in [3.8, 4) is 5.75 Å². The molecule has 2 N–H and O–H groups in total. The summed E-state index contributed by atoms with van der Waals surface area (Å²) >= 11 is 0. The third-order valence-corrected chi connectivity index (χ3v) is 2.59. The minimum absolute atomic E-state index is 0.0726. The van der Waals surface area contributed by atoms with Crippen LogP contribution in [0.5, 0.6) is 5.75 Å². The van der Waals surface area contributed by atoms with Crippen molar-refractivity contribution >= 4 is 5.91 Å². The lowest BCUT2D eigenvalue weighted by molar-refractivity contribution is -0.123. The predicted molar refractivity (Wildman–Crippen MR) is 72.9 cm³/mol. The molecule has 0 aliphatic carbocycles. The maximum Gasteiger partial charge on any atom is 0.257 e. The molecule has 0 aliphatic heterocycles. The van der Waals surface area contributed by atoms with Crippen molar-refractivity contribution in [1.29, 1.82) is 0 Å². The second-order valence-corrected chi connectivity index (χ2v) is 3.95. The smallest absolute Gasteiger partial charge is 0.257 e. The standard InChI is InChI=1S/C14H22N2O2/c1-3-12-7-5-6-8-13(12)18-11-14(17)16-10-9-15-4-2/h5-8,15H,3-4,9-11H2,1-2H3,(H,16,17). The molecule has 18 heavy (non-hydrogen) atoms. The van der Waals surface area contributed by atoms with Crippen LogP contribution >= 0.6 is 0 Å². The average molecular weight is 250 g/mol. The second kappa shape index (κ2) is 8.53. The van der Waals surface area contributed by atoms with Gasteiger partial charge in [0.15, 0.2) is 6.61 Å². The van der Waals surface area contributed by atoms with E-state index < -0.39 is 0 Å². The monoisotopic (exact) mass is 250 g/mol. The normalized spacial score (nSPS) is 10.1. The van der Waals surface area contributed by atoms with E-state index in [0.717, 1.165) is 30.8 Å². The summed E-state index contributed by atoms with van der Waals surface area (Å²) < 4.78 is 5.51. The number of carbonyl (C=O) groups excluding carboxylic acids is 1. The van der Waals surface area contributed by atoms with Gasteiger partial charge in [0, 0.05) is 13.1 Å². The lowest BCUT2D eigenvalue weighted by Gasteiger charge is -2.10. The van der Waals surface area contributed by atoms with Gasteiger partial charge in [-0.1, -0.05) is 32.0 Å². The molecule has 1 rings (SSSR count). The Morgan fingerprint density at radius 2 is 2.00 bits per heavy atom. The summed E-state index contributed by atoms with van der Waals surface area (Å²) in [5, 5.41) is 5.94. The Labute approximate surface area is 109 Å². The number of carbonyl (C=O) groups is 1. The molecule has 1 amide bonds. The Morgan fingerprint density at radius 1 is 1.22 bits per heavy atom. The van der Waals surface area contributed by atoms with E-state index in [1.807, 2.05) is 31.2 Å². The van der Waals surface area contributed by atoms with Gasteiger partial charge in [-0.05, 0) is 24.6 Å². The fraction of sp³-hybridized carbons (Fsp3) is 0.500. The summed E-state index contributed by atoms with van der Waals surface area (Å²) in [5.74, 6) is 0.709. The van der Waals surface area contributed by atoms with E-state index in [-0.39, 0.29) is 12.5 Å². The van der Waals surface area contributed by atoms with E-state index in [0.29, 0.717) is 6.54 Å². The molecule has 0 saturated heterocycles. The average Bonchev–Trinajstić information content (AvgIpc) is 2.41. The van der Waals surface area contributed by atoms with Gasteiger partial charge in [-0.2, -0.15) is 0 Å². The molecule has 0 saturated carbocycles. The van der Waals surface area contributed by atoms with Gasteiger partial charge in [0.2, 0.25) is 0 Å². The summed E-state index contributed by atoms with van der Waals surface area (Å²) in [5.41, 5.74) is 1.12. The van der Waals surface area contributed by atoms with E-state index in [1.54, 1.807) is 0 Å². The summed E-state index contributed by atoms with van der Waals surface area (Å²) in [6.45, 7) is 6.50. The topological polar surface area (TPSA) is 50.4 Å². The number of aryl methyl sites for hydroxylation is 1. The maximum absolute atomic E-state index is 11.5. The van der Waals surface area contributed by atoms with Gasteiger partial charge in [-0.3, -0.25) is 4.79 Å². The Kier molecular flexibility index (Phi) is 6.87. The van der Waals surface area contributed by atoms with Crippen LogP contribution in [0.2, 0.25) is 0 Å². The third kappa shape index (κ3) is 5.19. The van der Waals surface area contributed by atoms with Gasteiger partial charge in [0.05, 0.1) is 0 Å². The fourth-order valence-electron chi connectivity index (χ4n) is 1.60. The molecule has 0 spiro atoms. The minimum Gasteiger partial charge on any atom is -0.483 e. The van der Waals surface area contributed by atoms with Gasteiger partial charge in [-0.15, -0.1) is 0 Å². The van der Waals surface area contributed by atoms with Crippen LogP contribution in [0.25, 0.3) is 0 Å². The van der Waals surface area contributed by atoms with Crippen LogP contribution in [0.3, 0.4) is 0 Å². The minimum atomic E-state index is -0.0844. The van der Waals surface area contributed by atoms with Gasteiger partial charge >= 0.3 is 0 Å². The molecule has 0 heterocycles. The molecular formula is C14H22N2O2. The first-order chi connectivity index (χ1) is 8.77.